The number of Topliss-reactive ketones (excluding diaryl/α,β-unsaturated/α-hetero) is 1. The molecule has 0 amide bonds. The molecule has 0 aliphatic carbocycles. The van der Waals surface area contributed by atoms with E-state index in [1.165, 1.54) is 12.1 Å². The van der Waals surface area contributed by atoms with Crippen molar-refractivity contribution in [2.24, 2.45) is 0 Å². The molecule has 2 N–H and O–H groups in total. The number of phenolic OH excluding ortho intramolecular Hbond substituents is 2. The number of phenols is 2. The summed E-state index contributed by atoms with van der Waals surface area (Å²) in [6, 6.07) is 4.46. The van der Waals surface area contributed by atoms with E-state index in [0.717, 1.165) is 0 Å². The molecule has 0 bridgehead atoms. The highest BCUT2D eigenvalue weighted by atomic mass is 16.5. The third-order valence-electron chi connectivity index (χ3n) is 2.37. The molecule has 0 aromatic heterocycles. The molecule has 1 aromatic carbocycles. The van der Waals surface area contributed by atoms with Crippen molar-refractivity contribution in [3.05, 3.63) is 29.5 Å². The van der Waals surface area contributed by atoms with Gasteiger partial charge in [0.2, 0.25) is 0 Å². The summed E-state index contributed by atoms with van der Waals surface area (Å²) in [4.78, 5) is 11.2. The normalized spacial score (nSPS) is 18.5. The zero-order valence-corrected chi connectivity index (χ0v) is 8.64. The quantitative estimate of drug-likeness (QED) is 0.708. The summed E-state index contributed by atoms with van der Waals surface area (Å²) < 4.78 is 5.32. The minimum absolute atomic E-state index is 0.153. The number of allylic oxidation sites excluding steroid dienone is 1. The first-order chi connectivity index (χ1) is 7.65. The molecule has 1 aliphatic rings. The van der Waals surface area contributed by atoms with Crippen LogP contribution in [0.15, 0.2) is 24.0 Å². The second-order valence-electron chi connectivity index (χ2n) is 3.67. The van der Waals surface area contributed by atoms with E-state index in [1.54, 1.807) is 12.1 Å². The number of hydrogen-bond donors (Lipinski definition) is 2. The maximum atomic E-state index is 11.2. The topological polar surface area (TPSA) is 66.8 Å². The van der Waals surface area contributed by atoms with Gasteiger partial charge in [-0.05, 0) is 23.8 Å². The first-order valence-corrected chi connectivity index (χ1v) is 5.02. The van der Waals surface area contributed by atoms with Gasteiger partial charge in [-0.25, -0.2) is 0 Å². The van der Waals surface area contributed by atoms with Gasteiger partial charge in [0.15, 0.2) is 11.5 Å². The molecule has 0 saturated carbocycles. The van der Waals surface area contributed by atoms with Gasteiger partial charge < -0.3 is 14.9 Å². The summed E-state index contributed by atoms with van der Waals surface area (Å²) in [5.41, 5.74) is 0.694. The van der Waals surface area contributed by atoms with Crippen molar-refractivity contribution < 1.29 is 19.7 Å². The van der Waals surface area contributed by atoms with Crippen LogP contribution in [0, 0.1) is 0 Å². The lowest BCUT2D eigenvalue weighted by atomic mass is 10.1. The Balaban J connectivity index is 2.21. The highest BCUT2D eigenvalue weighted by Crippen LogP contribution is 2.26. The van der Waals surface area contributed by atoms with Crippen LogP contribution in [0.2, 0.25) is 0 Å². The molecule has 1 saturated heterocycles. The molecule has 0 atom stereocenters. The first-order valence-electron chi connectivity index (χ1n) is 5.02. The van der Waals surface area contributed by atoms with Crippen LogP contribution in [0.4, 0.5) is 0 Å². The van der Waals surface area contributed by atoms with Crippen LogP contribution >= 0.6 is 0 Å². The van der Waals surface area contributed by atoms with Crippen LogP contribution in [-0.4, -0.2) is 22.6 Å². The zero-order valence-electron chi connectivity index (χ0n) is 8.64. The van der Waals surface area contributed by atoms with Gasteiger partial charge in [-0.3, -0.25) is 4.79 Å². The Labute approximate surface area is 92.8 Å². The minimum atomic E-state index is -0.184. The van der Waals surface area contributed by atoms with Crippen LogP contribution in [0.1, 0.15) is 18.4 Å². The van der Waals surface area contributed by atoms with Crippen LogP contribution in [0.5, 0.6) is 11.5 Å². The molecule has 0 radical (unpaired) electrons. The van der Waals surface area contributed by atoms with Crippen molar-refractivity contribution in [3.63, 3.8) is 0 Å². The second-order valence-corrected chi connectivity index (χ2v) is 3.67. The number of ketones is 1. The monoisotopic (exact) mass is 220 g/mol. The Morgan fingerprint density at radius 3 is 2.75 bits per heavy atom. The van der Waals surface area contributed by atoms with Gasteiger partial charge in [0.1, 0.15) is 11.5 Å². The Hall–Kier alpha value is -1.97. The van der Waals surface area contributed by atoms with E-state index in [1.807, 2.05) is 0 Å². The van der Waals surface area contributed by atoms with E-state index in [-0.39, 0.29) is 17.3 Å². The number of carbonyl (C=O) groups is 1. The summed E-state index contributed by atoms with van der Waals surface area (Å²) in [5, 5.41) is 18.4. The summed E-state index contributed by atoms with van der Waals surface area (Å²) in [6.45, 7) is 0.411. The fraction of sp³-hybridized carbons (Fsp3) is 0.250. The second kappa shape index (κ2) is 4.26. The number of hydrogen-bond acceptors (Lipinski definition) is 4. The van der Waals surface area contributed by atoms with E-state index >= 15 is 0 Å². The molecule has 2 rings (SSSR count). The lowest BCUT2D eigenvalue weighted by Gasteiger charge is -2.15. The number of aromatic hydroxyl groups is 2. The first kappa shape index (κ1) is 10.5. The maximum Gasteiger partial charge on any atom is 0.157 e. The highest BCUT2D eigenvalue weighted by molar-refractivity contribution is 5.82. The van der Waals surface area contributed by atoms with E-state index in [9.17, 15) is 9.90 Å². The van der Waals surface area contributed by atoms with Gasteiger partial charge in [-0.15, -0.1) is 0 Å². The smallest absolute Gasteiger partial charge is 0.157 e. The maximum absolute atomic E-state index is 11.2. The van der Waals surface area contributed by atoms with Crippen molar-refractivity contribution in [3.8, 4) is 11.5 Å². The standard InChI is InChI=1S/C12H12O4/c13-9-3-4-16-10(7-9)5-8-1-2-11(14)12(15)6-8/h1-2,5-6,14-15H,3-4,7H2/b10-5+. The fourth-order valence-corrected chi connectivity index (χ4v) is 1.54. The van der Waals surface area contributed by atoms with Gasteiger partial charge in [0.25, 0.3) is 0 Å². The highest BCUT2D eigenvalue weighted by Gasteiger charge is 2.14. The van der Waals surface area contributed by atoms with Crippen molar-refractivity contribution in [1.82, 2.24) is 0 Å². The molecular formula is C12H12O4. The van der Waals surface area contributed by atoms with Crippen molar-refractivity contribution in [1.29, 1.82) is 0 Å². The average molecular weight is 220 g/mol. The number of benzene rings is 1. The largest absolute Gasteiger partial charge is 0.504 e. The molecule has 0 unspecified atom stereocenters. The summed E-state index contributed by atoms with van der Waals surface area (Å²) in [5.74, 6) is 0.404. The van der Waals surface area contributed by atoms with Crippen LogP contribution in [0.3, 0.4) is 0 Å². The number of carbonyl (C=O) groups excluding carboxylic acids is 1. The predicted octanol–water partition coefficient (Wildman–Crippen LogP) is 1.82. The zero-order chi connectivity index (χ0) is 11.5. The van der Waals surface area contributed by atoms with Gasteiger partial charge in [-0.1, -0.05) is 6.07 Å². The van der Waals surface area contributed by atoms with Gasteiger partial charge in [0.05, 0.1) is 13.0 Å². The van der Waals surface area contributed by atoms with Crippen LogP contribution in [-0.2, 0) is 9.53 Å². The van der Waals surface area contributed by atoms with E-state index in [2.05, 4.69) is 0 Å². The summed E-state index contributed by atoms with van der Waals surface area (Å²) in [6.07, 6.45) is 2.44. The van der Waals surface area contributed by atoms with Crippen LogP contribution in [0.25, 0.3) is 6.08 Å². The molecular weight excluding hydrogens is 208 g/mol. The SMILES string of the molecule is O=C1CCO/C(=C/c2ccc(O)c(O)c2)C1. The average Bonchev–Trinajstić information content (AvgIpc) is 2.24. The van der Waals surface area contributed by atoms with Crippen LogP contribution < -0.4 is 0 Å². The lowest BCUT2D eigenvalue weighted by molar-refractivity contribution is -0.121. The molecule has 1 fully saturated rings. The van der Waals surface area contributed by atoms with Crippen molar-refractivity contribution >= 4 is 11.9 Å². The molecule has 1 heterocycles. The van der Waals surface area contributed by atoms with E-state index in [4.69, 9.17) is 9.84 Å². The third kappa shape index (κ3) is 2.34. The Morgan fingerprint density at radius 1 is 1.25 bits per heavy atom. The summed E-state index contributed by atoms with van der Waals surface area (Å²) in [7, 11) is 0. The minimum Gasteiger partial charge on any atom is -0.504 e. The molecule has 1 aromatic rings. The molecule has 0 spiro atoms. The molecule has 84 valence electrons. The van der Waals surface area contributed by atoms with Crippen molar-refractivity contribution in [2.45, 2.75) is 12.8 Å². The van der Waals surface area contributed by atoms with E-state index in [0.29, 0.717) is 30.8 Å². The molecule has 4 heteroatoms. The number of rotatable bonds is 1. The van der Waals surface area contributed by atoms with Gasteiger partial charge >= 0.3 is 0 Å². The van der Waals surface area contributed by atoms with Gasteiger partial charge in [0, 0.05) is 6.42 Å². The van der Waals surface area contributed by atoms with Gasteiger partial charge in [-0.2, -0.15) is 0 Å². The fourth-order valence-electron chi connectivity index (χ4n) is 1.54. The van der Waals surface area contributed by atoms with Crippen molar-refractivity contribution in [2.75, 3.05) is 6.61 Å². The lowest BCUT2D eigenvalue weighted by Crippen LogP contribution is -2.12. The Morgan fingerprint density at radius 2 is 2.06 bits per heavy atom. The molecule has 1 aliphatic heterocycles. The molecule has 4 nitrogen and oxygen atoms in total. The predicted molar refractivity (Wildman–Crippen MR) is 57.9 cm³/mol. The van der Waals surface area contributed by atoms with E-state index < -0.39 is 0 Å². The molecule has 16 heavy (non-hydrogen) atoms. The Bertz CT molecular complexity index is 448. The number of ether oxygens (including phenoxy) is 1. The Kier molecular flexibility index (Phi) is 2.81. The summed E-state index contributed by atoms with van der Waals surface area (Å²) >= 11 is 0. The third-order valence-corrected chi connectivity index (χ3v) is 2.37.